The molecule has 0 spiro atoms. The smallest absolute Gasteiger partial charge is 0.171 e. The first-order chi connectivity index (χ1) is 22.3. The van der Waals surface area contributed by atoms with E-state index in [0.29, 0.717) is 30.4 Å². The first-order valence-corrected chi connectivity index (χ1v) is 17.7. The van der Waals surface area contributed by atoms with Crippen LogP contribution in [0.3, 0.4) is 0 Å². The van der Waals surface area contributed by atoms with Crippen LogP contribution in [0.5, 0.6) is 0 Å². The van der Waals surface area contributed by atoms with Crippen molar-refractivity contribution in [2.24, 2.45) is 40.0 Å². The van der Waals surface area contributed by atoms with Gasteiger partial charge in [0, 0.05) is 49.8 Å². The van der Waals surface area contributed by atoms with Crippen molar-refractivity contribution in [3.8, 4) is 0 Å². The van der Waals surface area contributed by atoms with Crippen molar-refractivity contribution in [3.05, 3.63) is 45.4 Å². The maximum Gasteiger partial charge on any atom is 0.171 e. The van der Waals surface area contributed by atoms with E-state index < -0.39 is 24.7 Å². The average Bonchev–Trinajstić information content (AvgIpc) is 3.57. The van der Waals surface area contributed by atoms with E-state index in [2.05, 4.69) is 32.2 Å². The van der Waals surface area contributed by atoms with Crippen LogP contribution in [0.1, 0.15) is 127 Å². The Morgan fingerprint density at radius 1 is 1.25 bits per heavy atom. The Hall–Kier alpha value is -0.721. The Morgan fingerprint density at radius 2 is 1.98 bits per heavy atom. The molecule has 253 valence electrons. The van der Waals surface area contributed by atoms with Gasteiger partial charge in [-0.15, -0.1) is 30.8 Å². The van der Waals surface area contributed by atoms with Crippen LogP contribution in [0.25, 0.3) is 5.32 Å². The number of fused-ring (bicyclic) bond motifs is 3. The molecule has 0 bridgehead atoms. The number of ether oxygens (including phenoxy) is 1. The number of aliphatic hydroxyl groups excluding tert-OH is 2. The van der Waals surface area contributed by atoms with Crippen LogP contribution in [-0.2, 0) is 24.8 Å². The van der Waals surface area contributed by atoms with Crippen LogP contribution >= 0.6 is 11.8 Å². The van der Waals surface area contributed by atoms with E-state index in [1.807, 2.05) is 34.6 Å². The van der Waals surface area contributed by atoms with Crippen molar-refractivity contribution in [1.29, 1.82) is 0 Å². The van der Waals surface area contributed by atoms with Crippen molar-refractivity contribution in [2.75, 3.05) is 6.54 Å². The molecule has 4 aliphatic heterocycles. The molecule has 0 aromatic carbocycles. The second kappa shape index (κ2) is 16.4. The molecule has 1 radical (unpaired) electrons. The quantitative estimate of drug-likeness (QED) is 0.189. The molecule has 1 saturated heterocycles. The largest absolute Gasteiger partial charge is 0.654 e. The number of nitrogens with zero attached hydrogens (tertiary/aromatic N) is 2. The van der Waals surface area contributed by atoms with Gasteiger partial charge in [-0.1, -0.05) is 80.2 Å². The van der Waals surface area contributed by atoms with Crippen LogP contribution in [0.15, 0.2) is 38.6 Å². The van der Waals surface area contributed by atoms with E-state index in [1.54, 1.807) is 17.8 Å². The van der Waals surface area contributed by atoms with Crippen LogP contribution in [-0.4, -0.2) is 46.1 Å². The van der Waals surface area contributed by atoms with Gasteiger partial charge in [-0.2, -0.15) is 5.57 Å². The zero-order valence-corrected chi connectivity index (χ0v) is 31.4. The summed E-state index contributed by atoms with van der Waals surface area (Å²) in [6.45, 7) is 14.8. The Kier molecular flexibility index (Phi) is 11.4. The van der Waals surface area contributed by atoms with Gasteiger partial charge in [0.25, 0.3) is 0 Å². The number of allylic oxidation sites excluding steroid dienone is 2. The van der Waals surface area contributed by atoms with Crippen LogP contribution < -0.4 is 0 Å². The van der Waals surface area contributed by atoms with E-state index in [9.17, 15) is 10.2 Å². The summed E-state index contributed by atoms with van der Waals surface area (Å²) < 4.78 is 47.3. The third-order valence-corrected chi connectivity index (χ3v) is 11.5. The molecule has 7 heteroatoms. The van der Waals surface area contributed by atoms with Crippen molar-refractivity contribution >= 4 is 17.5 Å². The predicted molar refractivity (Wildman–Crippen MR) is 183 cm³/mol. The van der Waals surface area contributed by atoms with Crippen molar-refractivity contribution in [2.45, 2.75) is 144 Å². The number of rotatable bonds is 8. The molecule has 0 aromatic heterocycles. The molecule has 44 heavy (non-hydrogen) atoms. The second-order valence-corrected chi connectivity index (χ2v) is 15.4. The summed E-state index contributed by atoms with van der Waals surface area (Å²) in [7, 11) is 0. The number of aliphatic hydroxyl groups is 2. The van der Waals surface area contributed by atoms with E-state index in [1.165, 1.54) is 16.1 Å². The van der Waals surface area contributed by atoms with Crippen molar-refractivity contribution in [1.82, 2.24) is 0 Å². The Morgan fingerprint density at radius 3 is 2.61 bits per heavy atom. The molecule has 0 saturated carbocycles. The fourth-order valence-corrected chi connectivity index (χ4v) is 8.75. The SMILES string of the molecule is CCC(CC)[C@H](O)/C=C(\O)[C@@H](C)CC.[2H]C([2H])([2H])C1=N[C@H]2OC3=C([C@H]4CC5=C(C[N-]4)[C@H](C)[C@H](C([2H])([2H])C(C)(C)C)S5)[CH-]CC[C@H]3C2CC1.[Ir]. The third-order valence-electron chi connectivity index (χ3n) is 10.0. The second-order valence-electron chi connectivity index (χ2n) is 14.2. The molecule has 1 fully saturated rings. The predicted octanol–water partition coefficient (Wildman–Crippen LogP) is 9.94. The van der Waals surface area contributed by atoms with Crippen LogP contribution in [0.2, 0.25) is 0 Å². The normalized spacial score (nSPS) is 33.7. The van der Waals surface area contributed by atoms with Gasteiger partial charge in [0.15, 0.2) is 6.23 Å². The summed E-state index contributed by atoms with van der Waals surface area (Å²) in [5.74, 6) is 2.47. The Balaban J connectivity index is 0.000000370. The van der Waals surface area contributed by atoms with Gasteiger partial charge in [0.05, 0.1) is 11.9 Å². The average molecular weight is 810 g/mol. The first-order valence-electron chi connectivity index (χ1n) is 19.3. The number of hydrogen-bond donors (Lipinski definition) is 2. The van der Waals surface area contributed by atoms with E-state index >= 15 is 0 Å². The van der Waals surface area contributed by atoms with E-state index in [4.69, 9.17) is 16.9 Å². The molecular formula is C37H60IrN2O3S-2. The zero-order valence-electron chi connectivity index (χ0n) is 33.2. The molecular weight excluding hydrogens is 745 g/mol. The standard InChI is InChI=1S/C25H36N2OS.C12H24O2.Ir/c1-14-9-10-17-16-7-6-8-18(23(16)28-24(17)27-14)20-11-21-19(13-26-20)15(2)22(29-21)12-25(3,4)5;1-5-9(4)11(13)8-12(14)10(6-2)7-3;/h8,15-17,20,22,24H,6-7,9-13H2,1-5H3;8-10,12-14H,5-7H2,1-4H3;/q-2;;/b;11-8-;/t15-,16-,17?,20+,22-,24-;9-,12+;/m00./s1/i1D3,12D2;;. The fourth-order valence-electron chi connectivity index (χ4n) is 7.01. The summed E-state index contributed by atoms with van der Waals surface area (Å²) in [5, 5.41) is 24.4. The minimum Gasteiger partial charge on any atom is -0.654 e. The third kappa shape index (κ3) is 9.00. The molecule has 8 atom stereocenters. The van der Waals surface area contributed by atoms with Gasteiger partial charge >= 0.3 is 0 Å². The minimum atomic E-state index is -2.14. The molecule has 5 aliphatic rings. The summed E-state index contributed by atoms with van der Waals surface area (Å²) in [6.07, 6.45) is 8.67. The summed E-state index contributed by atoms with van der Waals surface area (Å²) >= 11 is 1.74. The van der Waals surface area contributed by atoms with Crippen molar-refractivity contribution in [3.63, 3.8) is 0 Å². The van der Waals surface area contributed by atoms with Gasteiger partial charge in [0.2, 0.25) is 0 Å². The van der Waals surface area contributed by atoms with Gasteiger partial charge in [-0.25, -0.2) is 6.42 Å². The monoisotopic (exact) mass is 810 g/mol. The van der Waals surface area contributed by atoms with E-state index in [0.717, 1.165) is 50.7 Å². The van der Waals surface area contributed by atoms with Gasteiger partial charge in [-0.05, 0) is 78.8 Å². The number of thioether (sulfide) groups is 1. The Labute approximate surface area is 294 Å². The minimum absolute atomic E-state index is 0. The van der Waals surface area contributed by atoms with Gasteiger partial charge in [0.1, 0.15) is 0 Å². The molecule has 4 heterocycles. The zero-order chi connectivity index (χ0) is 35.8. The Bertz CT molecular complexity index is 1270. The molecule has 0 amide bonds. The molecule has 1 unspecified atom stereocenters. The van der Waals surface area contributed by atoms with Gasteiger partial charge < -0.3 is 20.3 Å². The molecule has 1 aliphatic carbocycles. The maximum absolute atomic E-state index is 9.79. The summed E-state index contributed by atoms with van der Waals surface area (Å²) in [5.41, 5.74) is 2.34. The maximum atomic E-state index is 9.79. The number of aliphatic imine (C=N–C) groups is 1. The first kappa shape index (κ1) is 30.6. The molecule has 5 nitrogen and oxygen atoms in total. The molecule has 5 rings (SSSR count). The van der Waals surface area contributed by atoms with Crippen molar-refractivity contribution < 1.29 is 41.9 Å². The summed E-state index contributed by atoms with van der Waals surface area (Å²) in [4.78, 5) is 5.85. The number of hydrogen-bond acceptors (Lipinski definition) is 5. The topological polar surface area (TPSA) is 76.2 Å². The van der Waals surface area contributed by atoms with Gasteiger partial charge in [-0.3, -0.25) is 4.99 Å². The molecule has 0 aromatic rings. The van der Waals surface area contributed by atoms with Crippen LogP contribution in [0.4, 0.5) is 0 Å². The van der Waals surface area contributed by atoms with Crippen LogP contribution in [0, 0.1) is 41.4 Å². The molecule has 2 N–H and O–H groups in total. The fraction of sp³-hybridized carbons (Fsp3) is 0.784. The van der Waals surface area contributed by atoms with E-state index in [-0.39, 0.29) is 61.3 Å². The summed E-state index contributed by atoms with van der Waals surface area (Å²) in [6, 6.07) is 0.0294.